The van der Waals surface area contributed by atoms with Crippen LogP contribution in [-0.2, 0) is 26.5 Å². The third kappa shape index (κ3) is 4.24. The molecule has 0 atom stereocenters. The van der Waals surface area contributed by atoms with Gasteiger partial charge in [0.15, 0.2) is 0 Å². The van der Waals surface area contributed by atoms with E-state index in [9.17, 15) is 0 Å². The van der Waals surface area contributed by atoms with Crippen molar-refractivity contribution in [2.45, 2.75) is 26.2 Å². The van der Waals surface area contributed by atoms with Gasteiger partial charge in [0.25, 0.3) is 0 Å². The molecule has 4 nitrogen and oxygen atoms in total. The fraction of sp³-hybridized carbons (Fsp3) is 0.105. The van der Waals surface area contributed by atoms with E-state index in [1.54, 1.807) is 0 Å². The summed E-state index contributed by atoms with van der Waals surface area (Å²) >= 11 is 0. The van der Waals surface area contributed by atoms with Crippen molar-refractivity contribution in [1.29, 1.82) is 0 Å². The maximum Gasteiger partial charge on any atom is 2.00 e. The molecule has 4 aromatic carbocycles. The molecule has 8 aromatic rings. The Bertz CT molecular complexity index is 2270. The van der Waals surface area contributed by atoms with Crippen LogP contribution in [-0.4, -0.2) is 19.1 Å². The smallest absolute Gasteiger partial charge is 0.313 e. The topological polar surface area (TPSA) is 35.6 Å². The average Bonchev–Trinajstić information content (AvgIpc) is 3.53. The summed E-state index contributed by atoms with van der Waals surface area (Å²) < 4.78 is 4.48. The van der Waals surface area contributed by atoms with E-state index in [2.05, 4.69) is 121 Å². The molecule has 0 saturated carbocycles. The van der Waals surface area contributed by atoms with Gasteiger partial charge in [-0.2, -0.15) is 42.5 Å². The summed E-state index contributed by atoms with van der Waals surface area (Å²) in [5, 5.41) is 4.73. The zero-order valence-corrected chi connectivity index (χ0v) is 26.3. The van der Waals surface area contributed by atoms with E-state index < -0.39 is 0 Å². The first kappa shape index (κ1) is 27.3. The molecule has 0 amide bonds. The second-order valence-electron chi connectivity index (χ2n) is 11.8. The molecule has 5 heteroatoms. The van der Waals surface area contributed by atoms with Crippen LogP contribution >= 0.6 is 0 Å². The Morgan fingerprint density at radius 2 is 1.26 bits per heavy atom. The molecule has 0 aliphatic carbocycles. The third-order valence-corrected chi connectivity index (χ3v) is 8.06. The largest absolute Gasteiger partial charge is 2.00 e. The van der Waals surface area contributed by atoms with E-state index in [0.717, 1.165) is 45.0 Å². The summed E-state index contributed by atoms with van der Waals surface area (Å²) in [6.45, 7) is 6.91. The Morgan fingerprint density at radius 1 is 0.628 bits per heavy atom. The van der Waals surface area contributed by atoms with Gasteiger partial charge in [-0.25, -0.2) is 21.1 Å². The fourth-order valence-corrected chi connectivity index (χ4v) is 6.40. The van der Waals surface area contributed by atoms with Crippen LogP contribution in [0.25, 0.3) is 66.5 Å². The Kier molecular flexibility index (Phi) is 6.56. The summed E-state index contributed by atoms with van der Waals surface area (Å²) in [4.78, 5) is 10.3. The van der Waals surface area contributed by atoms with Gasteiger partial charge in [-0.15, -0.1) is 12.1 Å². The number of hydrogen-bond acceptors (Lipinski definition) is 2. The minimum absolute atomic E-state index is 0. The molecule has 210 valence electrons. The molecule has 0 saturated heterocycles. The first-order valence-corrected chi connectivity index (χ1v) is 14.3. The Balaban J connectivity index is 0.00000300. The molecule has 0 radical (unpaired) electrons. The van der Waals surface area contributed by atoms with Crippen LogP contribution in [0.4, 0.5) is 0 Å². The predicted octanol–water partition coefficient (Wildman–Crippen LogP) is 9.23. The first-order chi connectivity index (χ1) is 20.5. The number of para-hydroxylation sites is 2. The van der Waals surface area contributed by atoms with Gasteiger partial charge in [-0.1, -0.05) is 63.2 Å². The van der Waals surface area contributed by atoms with Crippen LogP contribution in [0.3, 0.4) is 0 Å². The second kappa shape index (κ2) is 10.3. The van der Waals surface area contributed by atoms with Crippen molar-refractivity contribution in [3.63, 3.8) is 0 Å². The number of benzene rings is 4. The number of fused-ring (bicyclic) bond motifs is 6. The number of aromatic nitrogens is 4. The van der Waals surface area contributed by atoms with Gasteiger partial charge >= 0.3 is 21.1 Å². The van der Waals surface area contributed by atoms with Crippen molar-refractivity contribution < 1.29 is 21.1 Å². The van der Waals surface area contributed by atoms with E-state index in [4.69, 9.17) is 9.97 Å². The van der Waals surface area contributed by atoms with E-state index in [0.29, 0.717) is 0 Å². The van der Waals surface area contributed by atoms with Crippen molar-refractivity contribution in [1.82, 2.24) is 19.1 Å². The molecule has 43 heavy (non-hydrogen) atoms. The maximum absolute atomic E-state index is 5.54. The maximum atomic E-state index is 5.54. The van der Waals surface area contributed by atoms with Crippen LogP contribution in [0.15, 0.2) is 115 Å². The summed E-state index contributed by atoms with van der Waals surface area (Å²) in [5.41, 5.74) is 8.11. The van der Waals surface area contributed by atoms with Gasteiger partial charge in [-0.3, -0.25) is 4.57 Å². The normalized spacial score (nSPS) is 11.9. The predicted molar refractivity (Wildman–Crippen MR) is 173 cm³/mol. The fourth-order valence-electron chi connectivity index (χ4n) is 6.40. The summed E-state index contributed by atoms with van der Waals surface area (Å²) in [6.07, 6.45) is 1.84. The van der Waals surface area contributed by atoms with Crippen LogP contribution in [0, 0.1) is 12.1 Å². The second-order valence-corrected chi connectivity index (χ2v) is 11.8. The Hall–Kier alpha value is -4.53. The van der Waals surface area contributed by atoms with Crippen molar-refractivity contribution in [3.8, 4) is 22.6 Å². The molecular formula is C38H28N4Pt. The molecule has 4 aromatic heterocycles. The van der Waals surface area contributed by atoms with Gasteiger partial charge < -0.3 is 4.57 Å². The zero-order valence-electron chi connectivity index (χ0n) is 24.1. The van der Waals surface area contributed by atoms with Gasteiger partial charge in [0.05, 0.1) is 11.0 Å². The number of hydrogen-bond donors (Lipinski definition) is 0. The van der Waals surface area contributed by atoms with E-state index in [1.807, 2.05) is 36.5 Å². The first-order valence-electron chi connectivity index (χ1n) is 14.3. The van der Waals surface area contributed by atoms with Crippen molar-refractivity contribution >= 4 is 43.9 Å². The molecular weight excluding hydrogens is 708 g/mol. The summed E-state index contributed by atoms with van der Waals surface area (Å²) in [7, 11) is 0. The van der Waals surface area contributed by atoms with Crippen molar-refractivity contribution in [2.24, 2.45) is 0 Å². The molecule has 0 unspecified atom stereocenters. The van der Waals surface area contributed by atoms with Crippen molar-refractivity contribution in [3.05, 3.63) is 133 Å². The van der Waals surface area contributed by atoms with Crippen LogP contribution in [0.1, 0.15) is 26.3 Å². The van der Waals surface area contributed by atoms with Gasteiger partial charge in [0, 0.05) is 27.7 Å². The standard InChI is InChI=1S/C38H28N4.Pt/c1-38(2,3)35-33-28-18-7-9-20-30(28)41(27-17-13-16-26(24-27)25-14-5-4-6-15-25)36(33)40-37-34(35)29-19-8-10-21-31(29)42(37)32-22-11-12-23-39-32;/h4-14,16-23H,1-3H3;/q-2;+2. The molecule has 0 fully saturated rings. The molecule has 0 N–H and O–H groups in total. The molecule has 0 aliphatic rings. The van der Waals surface area contributed by atoms with Crippen LogP contribution in [0.2, 0.25) is 0 Å². The van der Waals surface area contributed by atoms with Gasteiger partial charge in [-0.05, 0) is 40.9 Å². The molecule has 4 heterocycles. The Morgan fingerprint density at radius 3 is 1.91 bits per heavy atom. The number of pyridine rings is 2. The SMILES string of the molecule is CC(C)(C)c1c2c3ccccc3n(-c3[c-]c(-c4[c-]cccc4)ccc3)c2nc2c1c1ccccc1n2-c1ccccn1.[Pt+2]. The van der Waals surface area contributed by atoms with E-state index in [-0.39, 0.29) is 26.5 Å². The quantitative estimate of drug-likeness (QED) is 0.170. The summed E-state index contributed by atoms with van der Waals surface area (Å²) in [6, 6.07) is 44.7. The minimum atomic E-state index is -0.169. The van der Waals surface area contributed by atoms with E-state index >= 15 is 0 Å². The van der Waals surface area contributed by atoms with E-state index in [1.165, 1.54) is 27.1 Å². The van der Waals surface area contributed by atoms with Crippen molar-refractivity contribution in [2.75, 3.05) is 0 Å². The number of rotatable bonds is 3. The average molecular weight is 736 g/mol. The number of nitrogens with zero attached hydrogens (tertiary/aromatic N) is 4. The monoisotopic (exact) mass is 735 g/mol. The van der Waals surface area contributed by atoms with Crippen LogP contribution < -0.4 is 0 Å². The summed E-state index contributed by atoms with van der Waals surface area (Å²) in [5.74, 6) is 0.853. The molecule has 0 bridgehead atoms. The molecule has 0 aliphatic heterocycles. The van der Waals surface area contributed by atoms with Gasteiger partial charge in [0.1, 0.15) is 17.1 Å². The third-order valence-electron chi connectivity index (χ3n) is 8.06. The molecule has 0 spiro atoms. The Labute approximate surface area is 264 Å². The minimum Gasteiger partial charge on any atom is -0.313 e. The van der Waals surface area contributed by atoms with Crippen LogP contribution in [0.5, 0.6) is 0 Å². The molecule has 8 rings (SSSR count). The zero-order chi connectivity index (χ0) is 28.4. The van der Waals surface area contributed by atoms with Gasteiger partial charge in [0.2, 0.25) is 0 Å².